The lowest BCUT2D eigenvalue weighted by atomic mass is 9.51. The number of hydrogen-bond acceptors (Lipinski definition) is 4. The van der Waals surface area contributed by atoms with Gasteiger partial charge in [0.15, 0.2) is 0 Å². The molecule has 2 aromatic rings. The molecule has 3 aliphatic rings. The summed E-state index contributed by atoms with van der Waals surface area (Å²) in [6.07, 6.45) is 7.92. The number of unbranched alkanes of at least 4 members (excludes halogenated alkanes) is 2. The molecular formula is C36H50FNO4. The predicted molar refractivity (Wildman–Crippen MR) is 164 cm³/mol. The molecule has 5 rings (SSSR count). The van der Waals surface area contributed by atoms with Gasteiger partial charge in [0.25, 0.3) is 0 Å². The number of amides is 1. The van der Waals surface area contributed by atoms with Crippen molar-refractivity contribution in [1.82, 2.24) is 4.90 Å². The highest BCUT2D eigenvalue weighted by Crippen LogP contribution is 2.63. The number of carbonyl (C=O) groups is 1. The largest absolute Gasteiger partial charge is 0.508 e. The Kier molecular flexibility index (Phi) is 10.3. The van der Waals surface area contributed by atoms with Crippen molar-refractivity contribution < 1.29 is 24.1 Å². The van der Waals surface area contributed by atoms with E-state index < -0.39 is 12.3 Å². The number of aliphatic hydroxyl groups is 1. The van der Waals surface area contributed by atoms with Crippen molar-refractivity contribution in [1.29, 1.82) is 0 Å². The van der Waals surface area contributed by atoms with E-state index >= 15 is 4.39 Å². The number of fused-ring (bicyclic) bond motifs is 5. The third-order valence-corrected chi connectivity index (χ3v) is 10.9. The number of benzene rings is 2. The minimum atomic E-state index is -0.975. The Morgan fingerprint density at radius 2 is 1.88 bits per heavy atom. The summed E-state index contributed by atoms with van der Waals surface area (Å²) in [6, 6.07) is 15.8. The number of aryl methyl sites for hydroxylation is 1. The molecule has 1 amide bonds. The first kappa shape index (κ1) is 31.0. The van der Waals surface area contributed by atoms with Crippen LogP contribution in [0.2, 0.25) is 0 Å². The van der Waals surface area contributed by atoms with Gasteiger partial charge in [0.05, 0.1) is 12.7 Å². The molecule has 42 heavy (non-hydrogen) atoms. The van der Waals surface area contributed by atoms with E-state index in [-0.39, 0.29) is 28.9 Å². The Morgan fingerprint density at radius 1 is 1.07 bits per heavy atom. The van der Waals surface area contributed by atoms with Gasteiger partial charge in [-0.15, -0.1) is 0 Å². The van der Waals surface area contributed by atoms with Crippen LogP contribution in [0.15, 0.2) is 48.5 Å². The van der Waals surface area contributed by atoms with Gasteiger partial charge in [0.2, 0.25) is 5.91 Å². The van der Waals surface area contributed by atoms with Crippen molar-refractivity contribution in [3.8, 4) is 5.75 Å². The van der Waals surface area contributed by atoms with Gasteiger partial charge in [-0.3, -0.25) is 4.79 Å². The maximum Gasteiger partial charge on any atom is 0.222 e. The summed E-state index contributed by atoms with van der Waals surface area (Å²) >= 11 is 0. The predicted octanol–water partition coefficient (Wildman–Crippen LogP) is 6.84. The lowest BCUT2D eigenvalue weighted by Gasteiger charge is -2.54. The zero-order chi connectivity index (χ0) is 29.7. The van der Waals surface area contributed by atoms with E-state index in [1.165, 1.54) is 5.56 Å². The smallest absolute Gasteiger partial charge is 0.222 e. The zero-order valence-electron chi connectivity index (χ0n) is 25.5. The summed E-state index contributed by atoms with van der Waals surface area (Å²) in [6.45, 7) is 4.01. The maximum absolute atomic E-state index is 16.0. The number of hydrogen-bond donors (Lipinski definition) is 2. The van der Waals surface area contributed by atoms with Gasteiger partial charge in [-0.05, 0) is 103 Å². The summed E-state index contributed by atoms with van der Waals surface area (Å²) in [5.74, 6) is 1.18. The average Bonchev–Trinajstić information content (AvgIpc) is 3.27. The molecule has 5 nitrogen and oxygen atoms in total. The fraction of sp³-hybridized carbons (Fsp3) is 0.639. The number of halogens is 1. The highest BCUT2D eigenvalue weighted by atomic mass is 19.1. The summed E-state index contributed by atoms with van der Waals surface area (Å²) in [5.41, 5.74) is 3.08. The van der Waals surface area contributed by atoms with Crippen molar-refractivity contribution in [2.75, 3.05) is 26.8 Å². The van der Waals surface area contributed by atoms with E-state index in [9.17, 15) is 15.0 Å². The van der Waals surface area contributed by atoms with Crippen molar-refractivity contribution in [3.05, 3.63) is 65.2 Å². The van der Waals surface area contributed by atoms with Gasteiger partial charge in [0, 0.05) is 32.5 Å². The fourth-order valence-electron chi connectivity index (χ4n) is 8.73. The molecule has 2 N–H and O–H groups in total. The number of methoxy groups -OCH3 is 1. The third-order valence-electron chi connectivity index (χ3n) is 10.9. The molecule has 0 bridgehead atoms. The second kappa shape index (κ2) is 13.9. The van der Waals surface area contributed by atoms with Crippen molar-refractivity contribution >= 4 is 5.91 Å². The van der Waals surface area contributed by atoms with E-state index in [0.717, 1.165) is 75.5 Å². The summed E-state index contributed by atoms with van der Waals surface area (Å²) < 4.78 is 21.3. The van der Waals surface area contributed by atoms with Crippen molar-refractivity contribution in [2.45, 2.75) is 95.7 Å². The molecule has 3 aliphatic carbocycles. The molecule has 7 atom stereocenters. The van der Waals surface area contributed by atoms with Crippen LogP contribution in [-0.4, -0.2) is 60.1 Å². The fourth-order valence-corrected chi connectivity index (χ4v) is 8.73. The average molecular weight is 580 g/mol. The molecule has 230 valence electrons. The van der Waals surface area contributed by atoms with E-state index in [1.807, 2.05) is 35.2 Å². The second-order valence-electron chi connectivity index (χ2n) is 13.4. The Hall–Kier alpha value is -2.44. The summed E-state index contributed by atoms with van der Waals surface area (Å²) in [7, 11) is 1.68. The van der Waals surface area contributed by atoms with Gasteiger partial charge < -0.3 is 19.8 Å². The number of alkyl halides is 1. The number of aromatic hydroxyl groups is 1. The number of carbonyl (C=O) groups excluding carboxylic acids is 1. The number of phenols is 1. The van der Waals surface area contributed by atoms with Crippen molar-refractivity contribution in [3.63, 3.8) is 0 Å². The Morgan fingerprint density at radius 3 is 2.67 bits per heavy atom. The monoisotopic (exact) mass is 579 g/mol. The number of phenolic OH excluding ortho intramolecular Hbond substituents is 1. The van der Waals surface area contributed by atoms with Gasteiger partial charge >= 0.3 is 0 Å². The van der Waals surface area contributed by atoms with Gasteiger partial charge in [-0.2, -0.15) is 0 Å². The minimum absolute atomic E-state index is 0.152. The molecule has 0 aromatic heterocycles. The number of aliphatic hydroxyl groups excluding tert-OH is 1. The summed E-state index contributed by atoms with van der Waals surface area (Å²) in [5, 5.41) is 21.1. The van der Waals surface area contributed by atoms with Crippen LogP contribution in [0, 0.1) is 23.2 Å². The first-order valence-electron chi connectivity index (χ1n) is 16.3. The Labute approximate surface area is 251 Å². The maximum atomic E-state index is 16.0. The second-order valence-corrected chi connectivity index (χ2v) is 13.4. The molecular weight excluding hydrogens is 529 g/mol. The lowest BCUT2D eigenvalue weighted by Crippen LogP contribution is -2.51. The Balaban J connectivity index is 1.18. The van der Waals surface area contributed by atoms with Crippen LogP contribution in [0.5, 0.6) is 5.75 Å². The first-order valence-corrected chi connectivity index (χ1v) is 16.3. The third kappa shape index (κ3) is 6.70. The van der Waals surface area contributed by atoms with Crippen LogP contribution >= 0.6 is 0 Å². The van der Waals surface area contributed by atoms with Crippen LogP contribution in [0.4, 0.5) is 4.39 Å². The van der Waals surface area contributed by atoms with Gasteiger partial charge in [-0.25, -0.2) is 4.39 Å². The molecule has 0 unspecified atom stereocenters. The molecule has 0 saturated heterocycles. The van der Waals surface area contributed by atoms with Crippen molar-refractivity contribution in [2.24, 2.45) is 23.2 Å². The lowest BCUT2D eigenvalue weighted by molar-refractivity contribution is -0.132. The molecule has 0 spiro atoms. The van der Waals surface area contributed by atoms with Gasteiger partial charge in [-0.1, -0.05) is 56.2 Å². The first-order chi connectivity index (χ1) is 20.3. The Bertz CT molecular complexity index is 1170. The number of ether oxygens (including phenoxy) is 1. The number of rotatable bonds is 13. The molecule has 2 aromatic carbocycles. The molecule has 2 fully saturated rings. The standard InChI is InChI=1S/C36H50FNO4/c1-36-24-31(37)35-29-16-15-28(39)23-27(29)22-26(34(35)30(36)17-18-32(36)40)13-7-4-8-19-38(20-21-42-2)33(41)14-9-12-25-10-5-3-6-11-25/h3,5-6,10-11,15-16,23,26,30-32,34-35,39-40H,4,7-9,12-14,17-22,24H2,1-2H3/t26-,30+,31+,32+,34+,35+,36+/m1/s1. The quantitative estimate of drug-likeness (QED) is 0.255. The van der Waals surface area contributed by atoms with Crippen LogP contribution in [0.1, 0.15) is 87.3 Å². The van der Waals surface area contributed by atoms with E-state index in [2.05, 4.69) is 19.1 Å². The molecule has 0 radical (unpaired) electrons. The summed E-state index contributed by atoms with van der Waals surface area (Å²) in [4.78, 5) is 15.0. The van der Waals surface area contributed by atoms with Crippen LogP contribution in [-0.2, 0) is 22.4 Å². The molecule has 2 saturated carbocycles. The van der Waals surface area contributed by atoms with Crippen LogP contribution in [0.3, 0.4) is 0 Å². The van der Waals surface area contributed by atoms with E-state index in [0.29, 0.717) is 37.8 Å². The molecule has 0 heterocycles. The zero-order valence-corrected chi connectivity index (χ0v) is 25.5. The molecule has 0 aliphatic heterocycles. The van der Waals surface area contributed by atoms with Crippen LogP contribution in [0.25, 0.3) is 0 Å². The van der Waals surface area contributed by atoms with Gasteiger partial charge in [0.1, 0.15) is 11.9 Å². The topological polar surface area (TPSA) is 70.0 Å². The normalized spacial score (nSPS) is 29.9. The minimum Gasteiger partial charge on any atom is -0.508 e. The van der Waals surface area contributed by atoms with E-state index in [4.69, 9.17) is 4.74 Å². The SMILES string of the molecule is COCCN(CCCCC[C@@H]1Cc2cc(O)ccc2[C@@H]2[C@@H]1[C@@H]1CC[C@H](O)[C@@]1(C)C[C@@H]2F)C(=O)CCCc1ccccc1. The highest BCUT2D eigenvalue weighted by Gasteiger charge is 2.59. The number of nitrogens with zero attached hydrogens (tertiary/aromatic N) is 1. The van der Waals surface area contributed by atoms with E-state index in [1.54, 1.807) is 13.2 Å². The molecule has 6 heteroatoms. The highest BCUT2D eigenvalue weighted by molar-refractivity contribution is 5.76. The van der Waals surface area contributed by atoms with Crippen LogP contribution < -0.4 is 0 Å².